The molecule has 8 rings (SSSR count). The first-order valence-corrected chi connectivity index (χ1v) is 18.4. The highest BCUT2D eigenvalue weighted by molar-refractivity contribution is 6.30. The summed E-state index contributed by atoms with van der Waals surface area (Å²) in [5, 5.41) is 20.2. The lowest BCUT2D eigenvalue weighted by Crippen LogP contribution is -2.26. The van der Waals surface area contributed by atoms with Crippen molar-refractivity contribution in [2.24, 2.45) is 0 Å². The van der Waals surface area contributed by atoms with Crippen LogP contribution in [0.15, 0.2) is 116 Å². The third-order valence-electron chi connectivity index (χ3n) is 9.63. The van der Waals surface area contributed by atoms with Gasteiger partial charge in [-0.25, -0.2) is 4.98 Å². The number of nitrogens with zero attached hydrogens (tertiary/aromatic N) is 1. The molecule has 0 atom stereocenters. The molecular weight excluding hydrogens is 682 g/mol. The maximum absolute atomic E-state index is 13.7. The largest absolute Gasteiger partial charge is 0.493 e. The number of anilines is 2. The molecule has 2 heterocycles. The molecule has 2 aliphatic carbocycles. The van der Waals surface area contributed by atoms with Crippen molar-refractivity contribution in [2.75, 3.05) is 23.8 Å². The van der Waals surface area contributed by atoms with E-state index < -0.39 is 0 Å². The fourth-order valence-electron chi connectivity index (χ4n) is 7.01. The van der Waals surface area contributed by atoms with Gasteiger partial charge >= 0.3 is 0 Å². The summed E-state index contributed by atoms with van der Waals surface area (Å²) in [6.45, 7) is 0.511. The number of ether oxygens (including phenoxy) is 1. The number of unbranched alkanes of at least 4 members (excludes halogenated alkanes) is 1. The number of benzene rings is 4. The smallest absolute Gasteiger partial charge is 0.260 e. The summed E-state index contributed by atoms with van der Waals surface area (Å²) in [7, 11) is 0. The minimum absolute atomic E-state index is 0.0360. The molecule has 266 valence electrons. The number of pyridine rings is 1. The van der Waals surface area contributed by atoms with Crippen molar-refractivity contribution in [1.82, 2.24) is 4.98 Å². The van der Waals surface area contributed by atoms with Gasteiger partial charge in [0.25, 0.3) is 5.91 Å². The van der Waals surface area contributed by atoms with Crippen LogP contribution in [0.2, 0.25) is 5.02 Å². The predicted octanol–water partition coefficient (Wildman–Crippen LogP) is 7.77. The highest BCUT2D eigenvalue weighted by Crippen LogP contribution is 2.25. The number of carbonyl (C=O) groups excluding carboxylic acids is 2. The van der Waals surface area contributed by atoms with Crippen LogP contribution in [0.5, 0.6) is 5.75 Å². The van der Waals surface area contributed by atoms with E-state index in [9.17, 15) is 9.59 Å². The molecule has 0 unspecified atom stereocenters. The van der Waals surface area contributed by atoms with Crippen molar-refractivity contribution >= 4 is 52.5 Å². The third kappa shape index (κ3) is 8.02. The molecular formula is C45H40ClN3O4. The number of para-hydroxylation sites is 2. The highest BCUT2D eigenvalue weighted by atomic mass is 35.5. The van der Waals surface area contributed by atoms with Crippen LogP contribution in [0.1, 0.15) is 63.1 Å². The fraction of sp³-hybridized carbons (Fsp3) is 0.178. The number of aromatic nitrogens is 1. The number of nitrogens with one attached hydrogen (secondary N) is 2. The van der Waals surface area contributed by atoms with Gasteiger partial charge in [-0.15, -0.1) is 0 Å². The van der Waals surface area contributed by atoms with Gasteiger partial charge in [0.2, 0.25) is 0 Å². The molecule has 0 saturated heterocycles. The number of rotatable bonds is 9. The second-order valence-corrected chi connectivity index (χ2v) is 13.4. The molecule has 5 aromatic rings. The maximum Gasteiger partial charge on any atom is 0.260 e. The van der Waals surface area contributed by atoms with Crippen molar-refractivity contribution in [3.63, 3.8) is 0 Å². The summed E-state index contributed by atoms with van der Waals surface area (Å²) in [5.74, 6) is 0.437. The summed E-state index contributed by atoms with van der Waals surface area (Å²) < 4.78 is 5.75. The number of fused-ring (bicyclic) bond motifs is 5. The third-order valence-corrected chi connectivity index (χ3v) is 9.96. The van der Waals surface area contributed by atoms with Crippen LogP contribution >= 0.6 is 11.6 Å². The van der Waals surface area contributed by atoms with Gasteiger partial charge in [0.1, 0.15) is 11.6 Å². The Morgan fingerprint density at radius 3 is 2.57 bits per heavy atom. The summed E-state index contributed by atoms with van der Waals surface area (Å²) in [4.78, 5) is 31.1. The summed E-state index contributed by atoms with van der Waals surface area (Å²) in [6.07, 6.45) is 16.4. The minimum atomic E-state index is -0.348. The van der Waals surface area contributed by atoms with E-state index in [0.717, 1.165) is 51.2 Å². The van der Waals surface area contributed by atoms with Gasteiger partial charge < -0.3 is 20.5 Å². The number of carbonyl (C=O) groups is 2. The van der Waals surface area contributed by atoms with Crippen molar-refractivity contribution in [1.29, 1.82) is 0 Å². The van der Waals surface area contributed by atoms with E-state index in [4.69, 9.17) is 21.4 Å². The minimum Gasteiger partial charge on any atom is -0.493 e. The molecule has 3 aliphatic rings. The van der Waals surface area contributed by atoms with E-state index in [-0.39, 0.29) is 18.3 Å². The summed E-state index contributed by atoms with van der Waals surface area (Å²) >= 11 is 6.47. The van der Waals surface area contributed by atoms with Crippen LogP contribution < -0.4 is 25.8 Å². The van der Waals surface area contributed by atoms with Gasteiger partial charge in [-0.3, -0.25) is 9.59 Å². The number of halogens is 1. The van der Waals surface area contributed by atoms with Crippen molar-refractivity contribution in [2.45, 2.75) is 38.5 Å². The van der Waals surface area contributed by atoms with E-state index in [1.165, 1.54) is 28.1 Å². The average molecular weight is 722 g/mol. The molecule has 7 nitrogen and oxygen atoms in total. The zero-order valence-electron chi connectivity index (χ0n) is 29.3. The number of ketones is 1. The Morgan fingerprint density at radius 1 is 0.849 bits per heavy atom. The summed E-state index contributed by atoms with van der Waals surface area (Å²) in [6, 6.07) is 28.8. The Morgan fingerprint density at radius 2 is 1.70 bits per heavy atom. The first-order valence-electron chi connectivity index (χ1n) is 18.0. The van der Waals surface area contributed by atoms with E-state index in [0.29, 0.717) is 48.6 Å². The molecule has 1 aromatic heterocycles. The molecule has 4 aromatic carbocycles. The number of aliphatic hydroxyl groups is 1. The van der Waals surface area contributed by atoms with Crippen molar-refractivity contribution in [3.05, 3.63) is 169 Å². The molecule has 0 saturated carbocycles. The van der Waals surface area contributed by atoms with Gasteiger partial charge in [-0.2, -0.15) is 0 Å². The lowest BCUT2D eigenvalue weighted by molar-refractivity contribution is 0.102. The number of hydrogen-bond acceptors (Lipinski definition) is 6. The topological polar surface area (TPSA) is 101 Å². The van der Waals surface area contributed by atoms with Crippen LogP contribution in [-0.2, 0) is 12.8 Å². The Kier molecular flexibility index (Phi) is 11.2. The molecule has 0 bridgehead atoms. The second kappa shape index (κ2) is 16.7. The lowest BCUT2D eigenvalue weighted by Gasteiger charge is -2.20. The molecule has 1 aliphatic heterocycles. The first kappa shape index (κ1) is 35.6. The van der Waals surface area contributed by atoms with E-state index in [1.807, 2.05) is 42.6 Å². The maximum atomic E-state index is 13.7. The Bertz CT molecular complexity index is 2460. The Labute approximate surface area is 313 Å². The standard InChI is InChI=1S/C35H31ClN2O4.C10H9N/c36-31-11-6-9-24-26-14-15-27-23(25(26)16-17-28(24)31)8-5-10-29(27)34(40)22-13-18-33(37-21-22)38-35(41)30-7-1-2-12-32(30)42-20-4-3-19-39;1-2-7-10-9(5-1)6-3-4-8-11-10/h1-2,6-7,9,11-15,17-18,21,39H,3-5,8,10,16,19-20H2,(H,37,38,41);1-8,11H. The average Bonchev–Trinajstić information content (AvgIpc) is 3.45. The zero-order chi connectivity index (χ0) is 36.6. The number of aliphatic hydroxyl groups excluding tert-OH is 1. The molecule has 0 fully saturated rings. The lowest BCUT2D eigenvalue weighted by atomic mass is 9.84. The van der Waals surface area contributed by atoms with Gasteiger partial charge in [-0.05, 0) is 119 Å². The quantitative estimate of drug-likeness (QED) is 0.106. The van der Waals surface area contributed by atoms with Gasteiger partial charge in [0, 0.05) is 40.9 Å². The fourth-order valence-corrected chi connectivity index (χ4v) is 7.26. The second-order valence-electron chi connectivity index (χ2n) is 13.0. The zero-order valence-corrected chi connectivity index (χ0v) is 30.0. The Hall–Kier alpha value is -5.76. The molecule has 8 heteroatoms. The number of amides is 1. The first-order chi connectivity index (χ1) is 26.0. The normalized spacial score (nSPS) is 13.4. The van der Waals surface area contributed by atoms with E-state index in [2.05, 4.69) is 58.1 Å². The van der Waals surface area contributed by atoms with Crippen molar-refractivity contribution in [3.8, 4) is 5.75 Å². The van der Waals surface area contributed by atoms with E-state index >= 15 is 0 Å². The van der Waals surface area contributed by atoms with Crippen LogP contribution in [0, 0.1) is 10.4 Å². The van der Waals surface area contributed by atoms with Crippen molar-refractivity contribution < 1.29 is 19.4 Å². The van der Waals surface area contributed by atoms with Crippen LogP contribution in [0.3, 0.4) is 0 Å². The van der Waals surface area contributed by atoms with Crippen LogP contribution in [0.4, 0.5) is 11.5 Å². The molecule has 0 radical (unpaired) electrons. The Balaban J connectivity index is 0.000000336. The molecule has 53 heavy (non-hydrogen) atoms. The molecule has 0 spiro atoms. The number of allylic oxidation sites excluding steroid dienone is 2. The van der Waals surface area contributed by atoms with Gasteiger partial charge in [-0.1, -0.05) is 84.4 Å². The number of hydrogen-bond donors (Lipinski definition) is 3. The molecule has 1 amide bonds. The SMILES string of the molecule is C1=CNc2ccccc2C=C1.O=C(C1=c2ccc3c(c2CCC1)CC=c1c(Cl)cccc1=3)c1ccc(NC(=O)c2ccccc2OCCCCO)nc1. The van der Waals surface area contributed by atoms with E-state index in [1.54, 1.807) is 36.4 Å². The highest BCUT2D eigenvalue weighted by Gasteiger charge is 2.22. The number of Topliss-reactive ketones (excluding diaryl/α,β-unsaturated/α-hetero) is 1. The van der Waals surface area contributed by atoms with Crippen LogP contribution in [0.25, 0.3) is 17.7 Å². The van der Waals surface area contributed by atoms with Gasteiger partial charge in [0.15, 0.2) is 5.78 Å². The van der Waals surface area contributed by atoms with Gasteiger partial charge in [0.05, 0.1) is 12.2 Å². The summed E-state index contributed by atoms with van der Waals surface area (Å²) in [5.41, 5.74) is 6.61. The monoisotopic (exact) mass is 721 g/mol. The molecule has 3 N–H and O–H groups in total. The predicted molar refractivity (Wildman–Crippen MR) is 212 cm³/mol. The van der Waals surface area contributed by atoms with Crippen LogP contribution in [-0.4, -0.2) is 35.0 Å².